The highest BCUT2D eigenvalue weighted by Crippen LogP contribution is 2.25. The van der Waals surface area contributed by atoms with Gasteiger partial charge < -0.3 is 24.8 Å². The third-order valence-electron chi connectivity index (χ3n) is 3.57. The van der Waals surface area contributed by atoms with E-state index in [-0.39, 0.29) is 24.8 Å². The first-order valence-corrected chi connectivity index (χ1v) is 6.42. The Hall–Kier alpha value is -1.34. The van der Waals surface area contributed by atoms with E-state index in [1.807, 2.05) is 6.92 Å². The molecule has 0 aromatic carbocycles. The van der Waals surface area contributed by atoms with Crippen molar-refractivity contribution in [3.63, 3.8) is 0 Å². The Morgan fingerprint density at radius 3 is 2.74 bits per heavy atom. The van der Waals surface area contributed by atoms with E-state index in [4.69, 9.17) is 14.6 Å². The molecule has 0 aromatic rings. The van der Waals surface area contributed by atoms with Crippen molar-refractivity contribution in [2.75, 3.05) is 26.3 Å². The lowest BCUT2D eigenvalue weighted by atomic mass is 9.97. The number of aliphatic carboxylic acids is 1. The molecule has 2 N–H and O–H groups in total. The van der Waals surface area contributed by atoms with Crippen LogP contribution >= 0.6 is 0 Å². The van der Waals surface area contributed by atoms with Crippen LogP contribution in [0.15, 0.2) is 0 Å². The molecule has 2 unspecified atom stereocenters. The number of carbonyl (C=O) groups is 2. The van der Waals surface area contributed by atoms with E-state index in [1.54, 1.807) is 11.8 Å². The number of hydrogen-bond acceptors (Lipinski definition) is 4. The van der Waals surface area contributed by atoms with Crippen molar-refractivity contribution in [1.82, 2.24) is 10.2 Å². The highest BCUT2D eigenvalue weighted by atomic mass is 16.5. The number of likely N-dealkylation sites (tertiary alicyclic amines) is 1. The topological polar surface area (TPSA) is 88.1 Å². The third-order valence-corrected chi connectivity index (χ3v) is 3.57. The number of nitrogens with zero attached hydrogens (tertiary/aromatic N) is 1. The van der Waals surface area contributed by atoms with Crippen molar-refractivity contribution in [3.05, 3.63) is 0 Å². The minimum atomic E-state index is -0.999. The number of carbonyl (C=O) groups excluding carboxylic acids is 1. The molecule has 2 amide bonds. The van der Waals surface area contributed by atoms with Crippen LogP contribution in [0.4, 0.5) is 4.79 Å². The Balaban J connectivity index is 1.73. The van der Waals surface area contributed by atoms with Gasteiger partial charge in [-0.2, -0.15) is 0 Å². The maximum Gasteiger partial charge on any atom is 0.329 e. The zero-order chi connectivity index (χ0) is 14.0. The molecule has 0 aliphatic carbocycles. The van der Waals surface area contributed by atoms with E-state index >= 15 is 0 Å². The monoisotopic (exact) mass is 272 g/mol. The van der Waals surface area contributed by atoms with Crippen LogP contribution in [0, 0.1) is 0 Å². The first-order chi connectivity index (χ1) is 8.89. The van der Waals surface area contributed by atoms with E-state index in [9.17, 15) is 9.59 Å². The van der Waals surface area contributed by atoms with E-state index < -0.39 is 11.6 Å². The van der Waals surface area contributed by atoms with Crippen LogP contribution in [-0.4, -0.2) is 66.1 Å². The van der Waals surface area contributed by atoms with Gasteiger partial charge in [-0.05, 0) is 20.3 Å². The lowest BCUT2D eigenvalue weighted by Gasteiger charge is -2.47. The fraction of sp³-hybridized carbons (Fsp3) is 0.833. The number of rotatable bonds is 4. The zero-order valence-corrected chi connectivity index (χ0v) is 11.2. The van der Waals surface area contributed by atoms with Gasteiger partial charge in [0.1, 0.15) is 12.2 Å². The number of carboxylic acid groups (broad SMARTS) is 1. The van der Waals surface area contributed by atoms with E-state index in [0.29, 0.717) is 19.7 Å². The van der Waals surface area contributed by atoms with Gasteiger partial charge in [0.25, 0.3) is 0 Å². The smallest absolute Gasteiger partial charge is 0.329 e. The fourth-order valence-electron chi connectivity index (χ4n) is 2.40. The Kier molecular flexibility index (Phi) is 3.96. The van der Waals surface area contributed by atoms with E-state index in [2.05, 4.69) is 5.32 Å². The number of carboxylic acids is 1. The first kappa shape index (κ1) is 14.1. The molecule has 0 aromatic heterocycles. The maximum absolute atomic E-state index is 11.9. The summed E-state index contributed by atoms with van der Waals surface area (Å²) in [7, 11) is 0. The summed E-state index contributed by atoms with van der Waals surface area (Å²) in [5.74, 6) is -0.999. The SMILES string of the molecule is CC1OCCC1NC(=O)N1CC(C)(OCC(=O)O)C1. The lowest BCUT2D eigenvalue weighted by molar-refractivity contribution is -0.159. The van der Waals surface area contributed by atoms with Gasteiger partial charge in [-0.15, -0.1) is 0 Å². The quantitative estimate of drug-likeness (QED) is 0.755. The second-order valence-corrected chi connectivity index (χ2v) is 5.41. The molecule has 2 heterocycles. The van der Waals surface area contributed by atoms with Crippen LogP contribution in [0.25, 0.3) is 0 Å². The van der Waals surface area contributed by atoms with Gasteiger partial charge >= 0.3 is 12.0 Å². The Morgan fingerprint density at radius 2 is 2.21 bits per heavy atom. The van der Waals surface area contributed by atoms with Crippen molar-refractivity contribution >= 4 is 12.0 Å². The average Bonchev–Trinajstić information content (AvgIpc) is 2.68. The summed E-state index contributed by atoms with van der Waals surface area (Å²) < 4.78 is 10.6. The number of ether oxygens (including phenoxy) is 2. The second-order valence-electron chi connectivity index (χ2n) is 5.41. The fourth-order valence-corrected chi connectivity index (χ4v) is 2.40. The molecule has 19 heavy (non-hydrogen) atoms. The van der Waals surface area contributed by atoms with Crippen molar-refractivity contribution < 1.29 is 24.2 Å². The van der Waals surface area contributed by atoms with Gasteiger partial charge in [0.15, 0.2) is 0 Å². The zero-order valence-electron chi connectivity index (χ0n) is 11.2. The maximum atomic E-state index is 11.9. The van der Waals surface area contributed by atoms with Gasteiger partial charge in [0.2, 0.25) is 0 Å². The number of nitrogens with one attached hydrogen (secondary N) is 1. The highest BCUT2D eigenvalue weighted by molar-refractivity contribution is 5.76. The van der Waals surface area contributed by atoms with Crippen molar-refractivity contribution in [1.29, 1.82) is 0 Å². The van der Waals surface area contributed by atoms with Crippen molar-refractivity contribution in [2.45, 2.75) is 38.0 Å². The summed E-state index contributed by atoms with van der Waals surface area (Å²) in [5.41, 5.74) is -0.548. The molecule has 2 aliphatic heterocycles. The summed E-state index contributed by atoms with van der Waals surface area (Å²) in [6, 6.07) is -0.0851. The van der Waals surface area contributed by atoms with Crippen molar-refractivity contribution in [2.24, 2.45) is 0 Å². The Bertz CT molecular complexity index is 367. The minimum absolute atomic E-state index is 0.0415. The summed E-state index contributed by atoms with van der Waals surface area (Å²) >= 11 is 0. The predicted molar refractivity (Wildman–Crippen MR) is 65.9 cm³/mol. The molecule has 0 saturated carbocycles. The summed E-state index contributed by atoms with van der Waals surface area (Å²) in [6.07, 6.45) is 0.868. The van der Waals surface area contributed by atoms with Crippen LogP contribution in [0.3, 0.4) is 0 Å². The highest BCUT2D eigenvalue weighted by Gasteiger charge is 2.43. The van der Waals surface area contributed by atoms with Crippen LogP contribution in [0.1, 0.15) is 20.3 Å². The molecule has 2 saturated heterocycles. The van der Waals surface area contributed by atoms with Gasteiger partial charge in [0.05, 0.1) is 25.2 Å². The molecule has 0 bridgehead atoms. The van der Waals surface area contributed by atoms with E-state index in [0.717, 1.165) is 6.42 Å². The molecule has 2 atom stereocenters. The minimum Gasteiger partial charge on any atom is -0.480 e. The lowest BCUT2D eigenvalue weighted by Crippen LogP contribution is -2.66. The normalized spacial score (nSPS) is 28.8. The number of hydrogen-bond donors (Lipinski definition) is 2. The molecule has 0 spiro atoms. The molecular weight excluding hydrogens is 252 g/mol. The summed E-state index contributed by atoms with van der Waals surface area (Å²) in [6.45, 7) is 4.91. The first-order valence-electron chi connectivity index (χ1n) is 6.42. The summed E-state index contributed by atoms with van der Waals surface area (Å²) in [5, 5.41) is 11.5. The Labute approximate surface area is 111 Å². The van der Waals surface area contributed by atoms with Crippen LogP contribution in [0.2, 0.25) is 0 Å². The van der Waals surface area contributed by atoms with Gasteiger partial charge in [-0.25, -0.2) is 9.59 Å². The molecule has 2 rings (SSSR count). The molecule has 2 aliphatic rings. The molecule has 2 fully saturated rings. The van der Waals surface area contributed by atoms with Crippen molar-refractivity contribution in [3.8, 4) is 0 Å². The molecular formula is C12H20N2O5. The Morgan fingerprint density at radius 1 is 1.53 bits per heavy atom. The van der Waals surface area contributed by atoms with Gasteiger partial charge in [-0.3, -0.25) is 0 Å². The largest absolute Gasteiger partial charge is 0.480 e. The third kappa shape index (κ3) is 3.36. The second kappa shape index (κ2) is 5.34. The molecule has 108 valence electrons. The standard InChI is InChI=1S/C12H20N2O5/c1-8-9(3-4-18-8)13-11(17)14-6-12(2,7-14)19-5-10(15)16/h8-9H,3-7H2,1-2H3,(H,13,17)(H,15,16). The van der Waals surface area contributed by atoms with Gasteiger partial charge in [-0.1, -0.05) is 0 Å². The molecule has 7 heteroatoms. The van der Waals surface area contributed by atoms with E-state index in [1.165, 1.54) is 0 Å². The number of urea groups is 1. The van der Waals surface area contributed by atoms with Gasteiger partial charge in [0, 0.05) is 6.61 Å². The number of amides is 2. The molecule has 0 radical (unpaired) electrons. The summed E-state index contributed by atoms with van der Waals surface area (Å²) in [4.78, 5) is 24.0. The predicted octanol–water partition coefficient (Wildman–Crippen LogP) is 0.0489. The molecule has 7 nitrogen and oxygen atoms in total. The van der Waals surface area contributed by atoms with Crippen LogP contribution in [0.5, 0.6) is 0 Å². The van der Waals surface area contributed by atoms with Crippen LogP contribution in [-0.2, 0) is 14.3 Å². The van der Waals surface area contributed by atoms with Crippen LogP contribution < -0.4 is 5.32 Å². The average molecular weight is 272 g/mol.